The minimum atomic E-state index is -3.89. The summed E-state index contributed by atoms with van der Waals surface area (Å²) in [5.74, 6) is 0.540. The summed E-state index contributed by atoms with van der Waals surface area (Å²) in [6.07, 6.45) is 3.09. The highest BCUT2D eigenvalue weighted by atomic mass is 35.5. The number of nitro groups is 1. The zero-order valence-corrected chi connectivity index (χ0v) is 17.4. The summed E-state index contributed by atoms with van der Waals surface area (Å²) < 4.78 is 26.8. The molecule has 11 heteroatoms. The average Bonchev–Trinajstić information content (AvgIpc) is 2.66. The molecule has 1 heterocycles. The third kappa shape index (κ3) is 7.01. The van der Waals surface area contributed by atoms with Gasteiger partial charge in [0, 0.05) is 38.2 Å². The standard InChI is InChI=1S/C17H26N4O5S.ClH/c1-18-9-5-14-7-11-20(12-8-14)17(22)6-10-19-27(25,26)16-4-2-3-15(13-16)21(23)24;/h2-4,13-14,18-19H,5-12H2,1H3;1H. The van der Waals surface area contributed by atoms with Gasteiger partial charge in [-0.2, -0.15) is 0 Å². The summed E-state index contributed by atoms with van der Waals surface area (Å²) in [7, 11) is -1.97. The number of hydrogen-bond donors (Lipinski definition) is 2. The minimum absolute atomic E-state index is 0. The summed E-state index contributed by atoms with van der Waals surface area (Å²) in [6, 6.07) is 4.83. The van der Waals surface area contributed by atoms with Crippen LogP contribution in [-0.4, -0.2) is 57.4 Å². The number of carbonyl (C=O) groups excluding carboxylic acids is 1. The molecule has 158 valence electrons. The van der Waals surface area contributed by atoms with Gasteiger partial charge in [-0.25, -0.2) is 13.1 Å². The van der Waals surface area contributed by atoms with Crippen molar-refractivity contribution in [2.24, 2.45) is 5.92 Å². The Labute approximate surface area is 171 Å². The van der Waals surface area contributed by atoms with Crippen LogP contribution in [0, 0.1) is 16.0 Å². The Balaban J connectivity index is 0.00000392. The molecule has 0 spiro atoms. The molecule has 0 aromatic heterocycles. The van der Waals surface area contributed by atoms with Crippen LogP contribution in [-0.2, 0) is 14.8 Å². The number of non-ortho nitro benzene ring substituents is 1. The Bertz CT molecular complexity index is 767. The molecule has 2 rings (SSSR count). The van der Waals surface area contributed by atoms with Crippen LogP contribution < -0.4 is 10.0 Å². The SMILES string of the molecule is CNCCC1CCN(C(=O)CCNS(=O)(=O)c2cccc([N+](=O)[O-])c2)CC1.Cl. The van der Waals surface area contributed by atoms with E-state index < -0.39 is 14.9 Å². The molecule has 28 heavy (non-hydrogen) atoms. The fourth-order valence-electron chi connectivity index (χ4n) is 3.12. The van der Waals surface area contributed by atoms with Gasteiger partial charge < -0.3 is 10.2 Å². The maximum Gasteiger partial charge on any atom is 0.270 e. The minimum Gasteiger partial charge on any atom is -0.343 e. The topological polar surface area (TPSA) is 122 Å². The number of piperidine rings is 1. The number of rotatable bonds is 9. The molecule has 0 radical (unpaired) electrons. The molecule has 1 aliphatic rings. The molecule has 1 aliphatic heterocycles. The average molecular weight is 435 g/mol. The second-order valence-corrected chi connectivity index (χ2v) is 8.39. The van der Waals surface area contributed by atoms with Crippen LogP contribution in [0.4, 0.5) is 5.69 Å². The Morgan fingerprint density at radius 2 is 1.96 bits per heavy atom. The fourth-order valence-corrected chi connectivity index (χ4v) is 4.19. The van der Waals surface area contributed by atoms with Gasteiger partial charge in [-0.3, -0.25) is 14.9 Å². The molecular formula is C17H27ClN4O5S. The summed E-state index contributed by atoms with van der Waals surface area (Å²) >= 11 is 0. The first kappa shape index (κ1) is 24.3. The van der Waals surface area contributed by atoms with Crippen molar-refractivity contribution in [2.75, 3.05) is 33.2 Å². The third-order valence-corrected chi connectivity index (χ3v) is 6.20. The third-order valence-electron chi connectivity index (χ3n) is 4.74. The summed E-state index contributed by atoms with van der Waals surface area (Å²) in [4.78, 5) is 24.0. The van der Waals surface area contributed by atoms with Crippen molar-refractivity contribution in [3.8, 4) is 0 Å². The first-order chi connectivity index (χ1) is 12.8. The molecule has 1 saturated heterocycles. The highest BCUT2D eigenvalue weighted by Gasteiger charge is 2.23. The lowest BCUT2D eigenvalue weighted by molar-refractivity contribution is -0.385. The van der Waals surface area contributed by atoms with E-state index in [2.05, 4.69) is 10.0 Å². The van der Waals surface area contributed by atoms with Crippen molar-refractivity contribution in [2.45, 2.75) is 30.6 Å². The number of carbonyl (C=O) groups is 1. The van der Waals surface area contributed by atoms with E-state index in [1.165, 1.54) is 18.2 Å². The van der Waals surface area contributed by atoms with Crippen molar-refractivity contribution >= 4 is 34.0 Å². The highest BCUT2D eigenvalue weighted by Crippen LogP contribution is 2.20. The van der Waals surface area contributed by atoms with Crippen LogP contribution >= 0.6 is 12.4 Å². The predicted octanol–water partition coefficient (Wildman–Crippen LogP) is 1.53. The van der Waals surface area contributed by atoms with Crippen LogP contribution in [0.2, 0.25) is 0 Å². The van der Waals surface area contributed by atoms with Crippen LogP contribution in [0.3, 0.4) is 0 Å². The molecule has 0 unspecified atom stereocenters. The maximum atomic E-state index is 12.3. The Hall–Kier alpha value is -1.75. The van der Waals surface area contributed by atoms with Crippen molar-refractivity contribution in [3.63, 3.8) is 0 Å². The summed E-state index contributed by atoms with van der Waals surface area (Å²) in [5, 5.41) is 13.9. The van der Waals surface area contributed by atoms with Gasteiger partial charge in [-0.05, 0) is 44.8 Å². The van der Waals surface area contributed by atoms with Crippen molar-refractivity contribution in [1.82, 2.24) is 14.9 Å². The molecule has 0 bridgehead atoms. The number of sulfonamides is 1. The van der Waals surface area contributed by atoms with Gasteiger partial charge in [0.25, 0.3) is 5.69 Å². The van der Waals surface area contributed by atoms with Gasteiger partial charge in [0.05, 0.1) is 9.82 Å². The molecular weight excluding hydrogens is 408 g/mol. The van der Waals surface area contributed by atoms with Crippen molar-refractivity contribution in [1.29, 1.82) is 0 Å². The number of nitrogens with zero attached hydrogens (tertiary/aromatic N) is 2. The molecule has 0 aliphatic carbocycles. The lowest BCUT2D eigenvalue weighted by atomic mass is 9.93. The van der Waals surface area contributed by atoms with E-state index >= 15 is 0 Å². The van der Waals surface area contributed by atoms with E-state index in [0.29, 0.717) is 19.0 Å². The monoisotopic (exact) mass is 434 g/mol. The first-order valence-electron chi connectivity index (χ1n) is 9.00. The molecule has 1 aromatic carbocycles. The van der Waals surface area contributed by atoms with Crippen LogP contribution in [0.25, 0.3) is 0 Å². The summed E-state index contributed by atoms with van der Waals surface area (Å²) in [5.41, 5.74) is -0.296. The van der Waals surface area contributed by atoms with E-state index in [1.54, 1.807) is 4.90 Å². The molecule has 9 nitrogen and oxygen atoms in total. The van der Waals surface area contributed by atoms with Crippen molar-refractivity contribution in [3.05, 3.63) is 34.4 Å². The second-order valence-electron chi connectivity index (χ2n) is 6.62. The lowest BCUT2D eigenvalue weighted by Gasteiger charge is -2.32. The number of benzene rings is 1. The number of nitrogens with one attached hydrogen (secondary N) is 2. The van der Waals surface area contributed by atoms with Crippen LogP contribution in [0.1, 0.15) is 25.7 Å². The number of halogens is 1. The number of amides is 1. The molecule has 1 amide bonds. The summed E-state index contributed by atoms with van der Waals surface area (Å²) in [6.45, 7) is 2.33. The van der Waals surface area contributed by atoms with E-state index in [9.17, 15) is 23.3 Å². The molecule has 1 fully saturated rings. The van der Waals surface area contributed by atoms with E-state index in [-0.39, 0.29) is 41.9 Å². The van der Waals surface area contributed by atoms with Crippen LogP contribution in [0.5, 0.6) is 0 Å². The first-order valence-corrected chi connectivity index (χ1v) is 10.5. The molecule has 0 saturated carbocycles. The largest absolute Gasteiger partial charge is 0.343 e. The quantitative estimate of drug-likeness (QED) is 0.449. The lowest BCUT2D eigenvalue weighted by Crippen LogP contribution is -2.40. The predicted molar refractivity (Wildman–Crippen MR) is 108 cm³/mol. The smallest absolute Gasteiger partial charge is 0.270 e. The van der Waals surface area contributed by atoms with E-state index in [4.69, 9.17) is 0 Å². The zero-order valence-electron chi connectivity index (χ0n) is 15.8. The van der Waals surface area contributed by atoms with Gasteiger partial charge in [0.15, 0.2) is 0 Å². The second kappa shape index (κ2) is 11.3. The van der Waals surface area contributed by atoms with Gasteiger partial charge in [0.1, 0.15) is 0 Å². The van der Waals surface area contributed by atoms with Gasteiger partial charge in [-0.1, -0.05) is 6.07 Å². The highest BCUT2D eigenvalue weighted by molar-refractivity contribution is 7.89. The maximum absolute atomic E-state index is 12.3. The number of likely N-dealkylation sites (tertiary alicyclic amines) is 1. The van der Waals surface area contributed by atoms with Crippen molar-refractivity contribution < 1.29 is 18.1 Å². The Morgan fingerprint density at radius 3 is 2.57 bits per heavy atom. The Kier molecular flexibility index (Phi) is 9.80. The van der Waals surface area contributed by atoms with E-state index in [1.807, 2.05) is 7.05 Å². The van der Waals surface area contributed by atoms with Gasteiger partial charge in [-0.15, -0.1) is 12.4 Å². The molecule has 1 aromatic rings. The fraction of sp³-hybridized carbons (Fsp3) is 0.588. The molecule has 0 atom stereocenters. The number of hydrogen-bond acceptors (Lipinski definition) is 6. The normalized spacial score (nSPS) is 15.1. The van der Waals surface area contributed by atoms with Gasteiger partial charge >= 0.3 is 0 Å². The zero-order chi connectivity index (χ0) is 19.9. The number of nitro benzene ring substituents is 1. The van der Waals surface area contributed by atoms with E-state index in [0.717, 1.165) is 31.9 Å². The Morgan fingerprint density at radius 1 is 1.29 bits per heavy atom. The molecule has 2 N–H and O–H groups in total. The van der Waals surface area contributed by atoms with Crippen LogP contribution in [0.15, 0.2) is 29.2 Å². The van der Waals surface area contributed by atoms with Gasteiger partial charge in [0.2, 0.25) is 15.9 Å².